The Labute approximate surface area is 231 Å². The summed E-state index contributed by atoms with van der Waals surface area (Å²) in [6, 6.07) is 22.6. The van der Waals surface area contributed by atoms with E-state index < -0.39 is 28.5 Å². The second-order valence-corrected chi connectivity index (χ2v) is 11.8. The van der Waals surface area contributed by atoms with Crippen molar-refractivity contribution in [3.05, 3.63) is 95.6 Å². The number of benzene rings is 3. The van der Waals surface area contributed by atoms with E-state index in [4.69, 9.17) is 4.74 Å². The minimum atomic E-state index is -3.80. The average molecular weight is 552 g/mol. The van der Waals surface area contributed by atoms with Crippen LogP contribution in [0.15, 0.2) is 78.9 Å². The van der Waals surface area contributed by atoms with E-state index in [1.165, 1.54) is 4.90 Å². The molecule has 208 valence electrons. The largest absolute Gasteiger partial charge is 0.497 e. The van der Waals surface area contributed by atoms with Crippen molar-refractivity contribution < 1.29 is 22.7 Å². The molecule has 0 aliphatic heterocycles. The zero-order chi connectivity index (χ0) is 28.6. The van der Waals surface area contributed by atoms with E-state index in [1.807, 2.05) is 63.2 Å². The molecule has 9 heteroatoms. The first-order chi connectivity index (χ1) is 18.5. The minimum Gasteiger partial charge on any atom is -0.497 e. The summed E-state index contributed by atoms with van der Waals surface area (Å²) in [5.41, 5.74) is 2.97. The summed E-state index contributed by atoms with van der Waals surface area (Å²) in [6.45, 7) is 5.25. The Bertz CT molecular complexity index is 1360. The molecule has 0 aliphatic rings. The zero-order valence-corrected chi connectivity index (χ0v) is 23.9. The smallest absolute Gasteiger partial charge is 0.244 e. The van der Waals surface area contributed by atoms with E-state index in [0.717, 1.165) is 27.3 Å². The number of aryl methyl sites for hydroxylation is 1. The Morgan fingerprint density at radius 1 is 0.923 bits per heavy atom. The fraction of sp³-hybridized carbons (Fsp3) is 0.333. The predicted molar refractivity (Wildman–Crippen MR) is 154 cm³/mol. The van der Waals surface area contributed by atoms with Gasteiger partial charge in [0, 0.05) is 19.0 Å². The van der Waals surface area contributed by atoms with Gasteiger partial charge in [0.15, 0.2) is 0 Å². The maximum atomic E-state index is 14.0. The summed E-state index contributed by atoms with van der Waals surface area (Å²) in [5, 5.41) is 2.94. The molecule has 0 fully saturated rings. The number of nitrogens with zero attached hydrogens (tertiary/aromatic N) is 2. The number of hydrogen-bond donors (Lipinski definition) is 1. The number of methoxy groups -OCH3 is 1. The molecule has 0 bridgehead atoms. The van der Waals surface area contributed by atoms with Gasteiger partial charge in [-0.2, -0.15) is 0 Å². The Morgan fingerprint density at radius 2 is 1.56 bits per heavy atom. The van der Waals surface area contributed by atoms with Gasteiger partial charge in [-0.3, -0.25) is 13.9 Å². The fourth-order valence-corrected chi connectivity index (χ4v) is 5.08. The molecule has 2 amide bonds. The maximum absolute atomic E-state index is 14.0. The van der Waals surface area contributed by atoms with Gasteiger partial charge in [0.1, 0.15) is 18.3 Å². The second kappa shape index (κ2) is 13.3. The zero-order valence-electron chi connectivity index (χ0n) is 23.1. The third-order valence-corrected chi connectivity index (χ3v) is 7.33. The molecule has 39 heavy (non-hydrogen) atoms. The topological polar surface area (TPSA) is 96.0 Å². The SMILES string of the molecule is COc1cccc(CN(C(=O)CN(c2ccc(C)cc2)S(C)(=O)=O)[C@@H](Cc2ccccc2)C(=O)NC(C)C)c1. The van der Waals surface area contributed by atoms with Gasteiger partial charge in [-0.25, -0.2) is 8.42 Å². The van der Waals surface area contributed by atoms with Gasteiger partial charge < -0.3 is 15.0 Å². The molecule has 0 radical (unpaired) electrons. The number of anilines is 1. The number of nitrogens with one attached hydrogen (secondary N) is 1. The highest BCUT2D eigenvalue weighted by molar-refractivity contribution is 7.92. The minimum absolute atomic E-state index is 0.0878. The van der Waals surface area contributed by atoms with Crippen molar-refractivity contribution in [3.63, 3.8) is 0 Å². The molecular formula is C30H37N3O5S. The number of carbonyl (C=O) groups is 2. The molecule has 0 aliphatic carbocycles. The molecule has 3 aromatic carbocycles. The highest BCUT2D eigenvalue weighted by Gasteiger charge is 2.33. The van der Waals surface area contributed by atoms with Crippen molar-refractivity contribution in [2.24, 2.45) is 0 Å². The molecule has 0 heterocycles. The lowest BCUT2D eigenvalue weighted by Crippen LogP contribution is -2.54. The molecule has 3 aromatic rings. The van der Waals surface area contributed by atoms with E-state index in [9.17, 15) is 18.0 Å². The normalized spacial score (nSPS) is 12.1. The quantitative estimate of drug-likeness (QED) is 0.368. The molecule has 8 nitrogen and oxygen atoms in total. The highest BCUT2D eigenvalue weighted by atomic mass is 32.2. The van der Waals surface area contributed by atoms with Crippen molar-refractivity contribution >= 4 is 27.5 Å². The molecule has 1 atom stereocenters. The lowest BCUT2D eigenvalue weighted by molar-refractivity contribution is -0.140. The number of hydrogen-bond acceptors (Lipinski definition) is 5. The molecule has 0 aromatic heterocycles. The first-order valence-corrected chi connectivity index (χ1v) is 14.6. The van der Waals surface area contributed by atoms with Crippen LogP contribution in [0.2, 0.25) is 0 Å². The summed E-state index contributed by atoms with van der Waals surface area (Å²) >= 11 is 0. The van der Waals surface area contributed by atoms with Crippen LogP contribution in [-0.2, 0) is 32.6 Å². The Kier molecular flexibility index (Phi) is 10.1. The summed E-state index contributed by atoms with van der Waals surface area (Å²) in [5.74, 6) is -0.196. The number of rotatable bonds is 12. The lowest BCUT2D eigenvalue weighted by atomic mass is 10.0. The predicted octanol–water partition coefficient (Wildman–Crippen LogP) is 3.93. The van der Waals surface area contributed by atoms with Crippen LogP contribution in [0.25, 0.3) is 0 Å². The van der Waals surface area contributed by atoms with Crippen LogP contribution in [-0.4, -0.2) is 57.1 Å². The van der Waals surface area contributed by atoms with Gasteiger partial charge in [-0.1, -0.05) is 60.2 Å². The van der Waals surface area contributed by atoms with Crippen LogP contribution < -0.4 is 14.4 Å². The van der Waals surface area contributed by atoms with Gasteiger partial charge in [0.25, 0.3) is 0 Å². The van der Waals surface area contributed by atoms with E-state index in [-0.39, 0.29) is 24.9 Å². The highest BCUT2D eigenvalue weighted by Crippen LogP contribution is 2.22. The fourth-order valence-electron chi connectivity index (χ4n) is 4.23. The maximum Gasteiger partial charge on any atom is 0.244 e. The lowest BCUT2D eigenvalue weighted by Gasteiger charge is -2.34. The number of sulfonamides is 1. The van der Waals surface area contributed by atoms with Crippen molar-refractivity contribution in [2.45, 2.75) is 45.8 Å². The Morgan fingerprint density at radius 3 is 2.15 bits per heavy atom. The van der Waals surface area contributed by atoms with Crippen LogP contribution in [0.1, 0.15) is 30.5 Å². The monoisotopic (exact) mass is 551 g/mol. The van der Waals surface area contributed by atoms with E-state index >= 15 is 0 Å². The van der Waals surface area contributed by atoms with Gasteiger partial charge in [0.2, 0.25) is 21.8 Å². The standard InChI is InChI=1S/C30H37N3O5S/c1-22(2)31-30(35)28(19-24-10-7-6-8-11-24)32(20-25-12-9-13-27(18-25)38-4)29(34)21-33(39(5,36)37)26-16-14-23(3)15-17-26/h6-18,22,28H,19-21H2,1-5H3,(H,31,35)/t28-/m0/s1. The molecule has 0 saturated carbocycles. The van der Waals surface area contributed by atoms with Crippen LogP contribution in [0.5, 0.6) is 5.75 Å². The first kappa shape index (κ1) is 29.7. The van der Waals surface area contributed by atoms with Crippen LogP contribution in [0.4, 0.5) is 5.69 Å². The Balaban J connectivity index is 2.06. The third-order valence-electron chi connectivity index (χ3n) is 6.19. The van der Waals surface area contributed by atoms with Crippen LogP contribution >= 0.6 is 0 Å². The molecule has 0 spiro atoms. The van der Waals surface area contributed by atoms with Crippen molar-refractivity contribution in [2.75, 3.05) is 24.2 Å². The molecule has 0 saturated heterocycles. The molecule has 3 rings (SSSR count). The summed E-state index contributed by atoms with van der Waals surface area (Å²) in [4.78, 5) is 29.0. The third kappa shape index (κ3) is 8.58. The number of ether oxygens (including phenoxy) is 1. The van der Waals surface area contributed by atoms with E-state index in [2.05, 4.69) is 5.32 Å². The van der Waals surface area contributed by atoms with E-state index in [1.54, 1.807) is 43.5 Å². The molecule has 1 N–H and O–H groups in total. The van der Waals surface area contributed by atoms with Crippen molar-refractivity contribution in [1.82, 2.24) is 10.2 Å². The van der Waals surface area contributed by atoms with Crippen LogP contribution in [0.3, 0.4) is 0 Å². The van der Waals surface area contributed by atoms with Crippen LogP contribution in [0, 0.1) is 6.92 Å². The summed E-state index contributed by atoms with van der Waals surface area (Å²) in [6.07, 6.45) is 1.33. The Hall–Kier alpha value is -3.85. The van der Waals surface area contributed by atoms with Gasteiger partial charge in [-0.05, 0) is 56.2 Å². The molecule has 0 unspecified atom stereocenters. The van der Waals surface area contributed by atoms with Gasteiger partial charge >= 0.3 is 0 Å². The van der Waals surface area contributed by atoms with E-state index in [0.29, 0.717) is 11.4 Å². The van der Waals surface area contributed by atoms with Gasteiger partial charge in [0.05, 0.1) is 19.1 Å². The van der Waals surface area contributed by atoms with Crippen molar-refractivity contribution in [3.8, 4) is 5.75 Å². The average Bonchev–Trinajstić information content (AvgIpc) is 2.89. The second-order valence-electron chi connectivity index (χ2n) is 9.85. The summed E-state index contributed by atoms with van der Waals surface area (Å²) in [7, 11) is -2.24. The van der Waals surface area contributed by atoms with Gasteiger partial charge in [-0.15, -0.1) is 0 Å². The summed E-state index contributed by atoms with van der Waals surface area (Å²) < 4.78 is 32.1. The first-order valence-electron chi connectivity index (χ1n) is 12.8. The molecular weight excluding hydrogens is 514 g/mol. The number of carbonyl (C=O) groups excluding carboxylic acids is 2. The number of amides is 2. The van der Waals surface area contributed by atoms with Crippen molar-refractivity contribution in [1.29, 1.82) is 0 Å².